The first-order valence-corrected chi connectivity index (χ1v) is 13.2. The van der Waals surface area contributed by atoms with Gasteiger partial charge in [0.15, 0.2) is 0 Å². The molecule has 2 aromatic heterocycles. The van der Waals surface area contributed by atoms with Gasteiger partial charge in [0.25, 0.3) is 0 Å². The number of para-hydroxylation sites is 1. The van der Waals surface area contributed by atoms with Crippen LogP contribution in [0.3, 0.4) is 0 Å². The molecule has 2 heterocycles. The summed E-state index contributed by atoms with van der Waals surface area (Å²) < 4.78 is 0. The second kappa shape index (κ2) is 13.4. The van der Waals surface area contributed by atoms with Gasteiger partial charge in [0.2, 0.25) is 17.7 Å². The van der Waals surface area contributed by atoms with Gasteiger partial charge in [0, 0.05) is 48.3 Å². The molecule has 12 heteroatoms. The van der Waals surface area contributed by atoms with Crippen LogP contribution in [0.25, 0.3) is 10.9 Å². The van der Waals surface area contributed by atoms with Crippen LogP contribution in [0.15, 0.2) is 73.3 Å². The average molecular weight is 560 g/mol. The summed E-state index contributed by atoms with van der Waals surface area (Å²) in [5, 5.41) is 18.7. The van der Waals surface area contributed by atoms with Crippen LogP contribution in [0, 0.1) is 0 Å². The van der Waals surface area contributed by atoms with E-state index in [0.29, 0.717) is 5.69 Å². The van der Waals surface area contributed by atoms with Crippen molar-refractivity contribution in [2.45, 2.75) is 50.4 Å². The second-order valence-corrected chi connectivity index (χ2v) is 9.84. The standard InChI is InChI=1S/C29H33N7O5/c1-17(30)26(37)34-23(11-18-7-3-2-4-8-18)27(38)35-24(13-20-15-31-16-33-20)28(39)36-25(29(40)41)12-19-14-32-22-10-6-5-9-21(19)22/h2-10,14-17,23-25,32H,11-13,30H2,1H3,(H,31,33)(H,34,37)(H,35,38)(H,36,39)(H,40,41). The highest BCUT2D eigenvalue weighted by atomic mass is 16.4. The molecule has 3 amide bonds. The van der Waals surface area contributed by atoms with Crippen LogP contribution in [0.4, 0.5) is 0 Å². The Morgan fingerprint density at radius 2 is 1.46 bits per heavy atom. The Balaban J connectivity index is 1.53. The third kappa shape index (κ3) is 7.79. The predicted octanol–water partition coefficient (Wildman–Crippen LogP) is 0.805. The van der Waals surface area contributed by atoms with E-state index in [1.54, 1.807) is 6.20 Å². The molecule has 0 aliphatic heterocycles. The van der Waals surface area contributed by atoms with Gasteiger partial charge in [-0.25, -0.2) is 9.78 Å². The van der Waals surface area contributed by atoms with E-state index in [-0.39, 0.29) is 19.3 Å². The van der Waals surface area contributed by atoms with Gasteiger partial charge in [-0.05, 0) is 24.1 Å². The second-order valence-electron chi connectivity index (χ2n) is 9.84. The molecule has 8 N–H and O–H groups in total. The number of fused-ring (bicyclic) bond motifs is 1. The molecule has 0 radical (unpaired) electrons. The third-order valence-corrected chi connectivity index (χ3v) is 6.65. The number of carboxylic acids is 1. The van der Waals surface area contributed by atoms with Gasteiger partial charge in [0.1, 0.15) is 18.1 Å². The number of nitrogens with zero attached hydrogens (tertiary/aromatic N) is 1. The number of imidazole rings is 1. The maximum atomic E-state index is 13.5. The van der Waals surface area contributed by atoms with Gasteiger partial charge in [0.05, 0.1) is 12.4 Å². The van der Waals surface area contributed by atoms with Crippen molar-refractivity contribution < 1.29 is 24.3 Å². The molecular weight excluding hydrogens is 526 g/mol. The molecule has 4 unspecified atom stereocenters. The zero-order valence-electron chi connectivity index (χ0n) is 22.5. The molecule has 4 aromatic rings. The Morgan fingerprint density at radius 3 is 2.12 bits per heavy atom. The van der Waals surface area contributed by atoms with Crippen LogP contribution in [0.1, 0.15) is 23.7 Å². The molecule has 0 fully saturated rings. The van der Waals surface area contributed by atoms with E-state index in [4.69, 9.17) is 5.73 Å². The number of carbonyl (C=O) groups excluding carboxylic acids is 3. The fourth-order valence-electron chi connectivity index (χ4n) is 4.45. The largest absolute Gasteiger partial charge is 0.480 e. The van der Waals surface area contributed by atoms with Crippen molar-refractivity contribution in [3.8, 4) is 0 Å². The molecule has 41 heavy (non-hydrogen) atoms. The van der Waals surface area contributed by atoms with Crippen molar-refractivity contribution in [1.29, 1.82) is 0 Å². The molecule has 0 spiro atoms. The normalized spacial score (nSPS) is 14.0. The number of nitrogens with two attached hydrogens (primary N) is 1. The molecule has 2 aromatic carbocycles. The fraction of sp³-hybridized carbons (Fsp3) is 0.276. The van der Waals surface area contributed by atoms with Crippen LogP contribution in [-0.2, 0) is 38.4 Å². The zero-order valence-corrected chi connectivity index (χ0v) is 22.5. The maximum Gasteiger partial charge on any atom is 0.326 e. The van der Waals surface area contributed by atoms with E-state index in [2.05, 4.69) is 30.9 Å². The molecule has 4 atom stereocenters. The number of carboxylic acid groups (broad SMARTS) is 1. The van der Waals surface area contributed by atoms with Crippen LogP contribution < -0.4 is 21.7 Å². The molecule has 0 saturated heterocycles. The number of aliphatic carboxylic acids is 1. The average Bonchev–Trinajstić information content (AvgIpc) is 3.62. The molecular formula is C29H33N7O5. The van der Waals surface area contributed by atoms with Gasteiger partial charge < -0.3 is 36.8 Å². The number of aromatic amines is 2. The van der Waals surface area contributed by atoms with Crippen LogP contribution in [0.5, 0.6) is 0 Å². The minimum Gasteiger partial charge on any atom is -0.480 e. The quantitative estimate of drug-likeness (QED) is 0.126. The van der Waals surface area contributed by atoms with Crippen molar-refractivity contribution in [3.63, 3.8) is 0 Å². The van der Waals surface area contributed by atoms with Crippen molar-refractivity contribution in [1.82, 2.24) is 30.9 Å². The van der Waals surface area contributed by atoms with Crippen molar-refractivity contribution in [3.05, 3.63) is 90.1 Å². The lowest BCUT2D eigenvalue weighted by atomic mass is 10.0. The summed E-state index contributed by atoms with van der Waals surface area (Å²) in [7, 11) is 0. The smallest absolute Gasteiger partial charge is 0.326 e. The molecule has 12 nitrogen and oxygen atoms in total. The summed E-state index contributed by atoms with van der Waals surface area (Å²) in [5.74, 6) is -3.06. The summed E-state index contributed by atoms with van der Waals surface area (Å²) >= 11 is 0. The first-order valence-electron chi connectivity index (χ1n) is 13.2. The molecule has 4 rings (SSSR count). The highest BCUT2D eigenvalue weighted by molar-refractivity contribution is 5.94. The maximum absolute atomic E-state index is 13.5. The van der Waals surface area contributed by atoms with Gasteiger partial charge >= 0.3 is 5.97 Å². The Morgan fingerprint density at radius 1 is 0.829 bits per heavy atom. The summed E-state index contributed by atoms with van der Waals surface area (Å²) in [6, 6.07) is 12.2. The number of hydrogen-bond donors (Lipinski definition) is 7. The summed E-state index contributed by atoms with van der Waals surface area (Å²) in [5.41, 5.74) is 8.63. The van der Waals surface area contributed by atoms with E-state index in [1.807, 2.05) is 54.6 Å². The lowest BCUT2D eigenvalue weighted by molar-refractivity contribution is -0.142. The predicted molar refractivity (Wildman–Crippen MR) is 152 cm³/mol. The summed E-state index contributed by atoms with van der Waals surface area (Å²) in [4.78, 5) is 61.5. The molecule has 0 bridgehead atoms. The van der Waals surface area contributed by atoms with E-state index in [1.165, 1.54) is 19.4 Å². The lowest BCUT2D eigenvalue weighted by Crippen LogP contribution is -2.58. The molecule has 0 saturated carbocycles. The van der Waals surface area contributed by atoms with E-state index >= 15 is 0 Å². The van der Waals surface area contributed by atoms with Gasteiger partial charge in [-0.3, -0.25) is 14.4 Å². The number of hydrogen-bond acceptors (Lipinski definition) is 6. The molecule has 0 aliphatic carbocycles. The number of carbonyl (C=O) groups is 4. The highest BCUT2D eigenvalue weighted by Gasteiger charge is 2.31. The first-order chi connectivity index (χ1) is 19.7. The Kier molecular flexibility index (Phi) is 9.48. The van der Waals surface area contributed by atoms with Crippen LogP contribution >= 0.6 is 0 Å². The first kappa shape index (κ1) is 29.0. The van der Waals surface area contributed by atoms with E-state index in [0.717, 1.165) is 22.0 Å². The number of rotatable bonds is 13. The van der Waals surface area contributed by atoms with E-state index < -0.39 is 47.9 Å². The minimum absolute atomic E-state index is 0.0102. The number of aromatic nitrogens is 3. The Labute approximate surface area is 236 Å². The fourth-order valence-corrected chi connectivity index (χ4v) is 4.45. The summed E-state index contributed by atoms with van der Waals surface area (Å²) in [6.45, 7) is 1.50. The summed E-state index contributed by atoms with van der Waals surface area (Å²) in [6.07, 6.45) is 4.84. The number of nitrogens with one attached hydrogen (secondary N) is 5. The number of amides is 3. The third-order valence-electron chi connectivity index (χ3n) is 6.65. The van der Waals surface area contributed by atoms with E-state index in [9.17, 15) is 24.3 Å². The topological polar surface area (TPSA) is 195 Å². The van der Waals surface area contributed by atoms with Crippen LogP contribution in [0.2, 0.25) is 0 Å². The monoisotopic (exact) mass is 559 g/mol. The Bertz CT molecular complexity index is 1480. The highest BCUT2D eigenvalue weighted by Crippen LogP contribution is 2.19. The number of benzene rings is 2. The molecule has 0 aliphatic rings. The van der Waals surface area contributed by atoms with Crippen molar-refractivity contribution in [2.75, 3.05) is 0 Å². The van der Waals surface area contributed by atoms with Gasteiger partial charge in [-0.1, -0.05) is 48.5 Å². The SMILES string of the molecule is CC(N)C(=O)NC(Cc1ccccc1)C(=O)NC(Cc1cnc[nH]1)C(=O)NC(Cc1c[nH]c2ccccc12)C(=O)O. The Hall–Kier alpha value is -4.97. The van der Waals surface area contributed by atoms with Crippen molar-refractivity contribution >= 4 is 34.6 Å². The molecule has 214 valence electrons. The van der Waals surface area contributed by atoms with Gasteiger partial charge in [-0.2, -0.15) is 0 Å². The number of H-pyrrole nitrogens is 2. The minimum atomic E-state index is -1.26. The van der Waals surface area contributed by atoms with Crippen LogP contribution in [-0.4, -0.2) is 67.9 Å². The zero-order chi connectivity index (χ0) is 29.4. The van der Waals surface area contributed by atoms with Crippen molar-refractivity contribution in [2.24, 2.45) is 5.73 Å². The van der Waals surface area contributed by atoms with Gasteiger partial charge in [-0.15, -0.1) is 0 Å². The lowest BCUT2D eigenvalue weighted by Gasteiger charge is -2.25.